The van der Waals surface area contributed by atoms with Crippen LogP contribution in [0.2, 0.25) is 0 Å². The monoisotopic (exact) mass is 246 g/mol. The minimum atomic E-state index is 0.00672. The normalized spacial score (nSPS) is 12.1. The summed E-state index contributed by atoms with van der Waals surface area (Å²) in [4.78, 5) is 15.8. The number of rotatable bonds is 4. The molecule has 0 saturated carbocycles. The SMILES string of the molecule is CC(NC(=O)Cc1cscn1)c1ccccc1. The van der Waals surface area contributed by atoms with Gasteiger partial charge in [-0.15, -0.1) is 11.3 Å². The fourth-order valence-electron chi connectivity index (χ4n) is 1.61. The molecule has 0 fully saturated rings. The van der Waals surface area contributed by atoms with Gasteiger partial charge in [-0.25, -0.2) is 4.98 Å². The summed E-state index contributed by atoms with van der Waals surface area (Å²) in [7, 11) is 0. The predicted molar refractivity (Wildman–Crippen MR) is 68.8 cm³/mol. The maximum atomic E-state index is 11.7. The Morgan fingerprint density at radius 3 is 2.82 bits per heavy atom. The molecule has 1 amide bonds. The van der Waals surface area contributed by atoms with E-state index >= 15 is 0 Å². The van der Waals surface area contributed by atoms with Crippen LogP contribution in [0.3, 0.4) is 0 Å². The van der Waals surface area contributed by atoms with Crippen LogP contribution in [0.5, 0.6) is 0 Å². The summed E-state index contributed by atoms with van der Waals surface area (Å²) < 4.78 is 0. The lowest BCUT2D eigenvalue weighted by Gasteiger charge is -2.13. The van der Waals surface area contributed by atoms with Crippen molar-refractivity contribution in [1.82, 2.24) is 10.3 Å². The molecule has 0 aliphatic rings. The van der Waals surface area contributed by atoms with Gasteiger partial charge in [-0.3, -0.25) is 4.79 Å². The largest absolute Gasteiger partial charge is 0.349 e. The van der Waals surface area contributed by atoms with Crippen molar-refractivity contribution in [2.45, 2.75) is 19.4 Å². The van der Waals surface area contributed by atoms with E-state index in [4.69, 9.17) is 0 Å². The van der Waals surface area contributed by atoms with Crippen LogP contribution in [0.1, 0.15) is 24.2 Å². The highest BCUT2D eigenvalue weighted by atomic mass is 32.1. The summed E-state index contributed by atoms with van der Waals surface area (Å²) in [6.07, 6.45) is 0.348. The van der Waals surface area contributed by atoms with Crippen LogP contribution in [-0.2, 0) is 11.2 Å². The topological polar surface area (TPSA) is 42.0 Å². The average Bonchev–Trinajstić information content (AvgIpc) is 2.82. The summed E-state index contributed by atoms with van der Waals surface area (Å²) in [6.45, 7) is 1.98. The van der Waals surface area contributed by atoms with Gasteiger partial charge in [0.2, 0.25) is 5.91 Å². The van der Waals surface area contributed by atoms with Crippen molar-refractivity contribution < 1.29 is 4.79 Å². The van der Waals surface area contributed by atoms with Crippen molar-refractivity contribution in [3.63, 3.8) is 0 Å². The molecule has 1 atom stereocenters. The second kappa shape index (κ2) is 5.59. The second-order valence-corrected chi connectivity index (χ2v) is 4.58. The summed E-state index contributed by atoms with van der Waals surface area (Å²) in [5.74, 6) is 0.00672. The van der Waals surface area contributed by atoms with E-state index < -0.39 is 0 Å². The molecule has 1 unspecified atom stereocenters. The van der Waals surface area contributed by atoms with Crippen molar-refractivity contribution in [2.24, 2.45) is 0 Å². The third-order valence-electron chi connectivity index (χ3n) is 2.50. The summed E-state index contributed by atoms with van der Waals surface area (Å²) in [6, 6.07) is 9.95. The molecular weight excluding hydrogens is 232 g/mol. The number of thiazole rings is 1. The molecule has 1 heterocycles. The van der Waals surface area contributed by atoms with E-state index in [1.165, 1.54) is 11.3 Å². The lowest BCUT2D eigenvalue weighted by Crippen LogP contribution is -2.28. The van der Waals surface area contributed by atoms with E-state index in [9.17, 15) is 4.79 Å². The van der Waals surface area contributed by atoms with Crippen LogP contribution in [-0.4, -0.2) is 10.9 Å². The Morgan fingerprint density at radius 2 is 2.18 bits per heavy atom. The Hall–Kier alpha value is -1.68. The van der Waals surface area contributed by atoms with Gasteiger partial charge in [0.1, 0.15) is 0 Å². The molecule has 4 heteroatoms. The lowest BCUT2D eigenvalue weighted by molar-refractivity contribution is -0.121. The molecule has 0 radical (unpaired) electrons. The van der Waals surface area contributed by atoms with E-state index in [1.807, 2.05) is 42.6 Å². The zero-order chi connectivity index (χ0) is 12.1. The first kappa shape index (κ1) is 11.8. The number of hydrogen-bond donors (Lipinski definition) is 1. The van der Waals surface area contributed by atoms with Gasteiger partial charge in [0.15, 0.2) is 0 Å². The zero-order valence-electron chi connectivity index (χ0n) is 9.59. The molecule has 0 bridgehead atoms. The number of hydrogen-bond acceptors (Lipinski definition) is 3. The Morgan fingerprint density at radius 1 is 1.41 bits per heavy atom. The third-order valence-corrected chi connectivity index (χ3v) is 3.14. The molecule has 2 aromatic rings. The number of aromatic nitrogens is 1. The molecule has 3 nitrogen and oxygen atoms in total. The first-order chi connectivity index (χ1) is 8.25. The van der Waals surface area contributed by atoms with Gasteiger partial charge in [-0.1, -0.05) is 30.3 Å². The Bertz CT molecular complexity index is 467. The van der Waals surface area contributed by atoms with Crippen LogP contribution >= 0.6 is 11.3 Å². The van der Waals surface area contributed by atoms with Crippen LogP contribution in [0.4, 0.5) is 0 Å². The van der Waals surface area contributed by atoms with E-state index in [2.05, 4.69) is 10.3 Å². The van der Waals surface area contributed by atoms with Crippen molar-refractivity contribution in [2.75, 3.05) is 0 Å². The van der Waals surface area contributed by atoms with E-state index in [0.29, 0.717) is 6.42 Å². The van der Waals surface area contributed by atoms with Gasteiger partial charge in [0.25, 0.3) is 0 Å². The summed E-state index contributed by atoms with van der Waals surface area (Å²) >= 11 is 1.51. The number of benzene rings is 1. The minimum Gasteiger partial charge on any atom is -0.349 e. The highest BCUT2D eigenvalue weighted by molar-refractivity contribution is 7.07. The lowest BCUT2D eigenvalue weighted by atomic mass is 10.1. The molecule has 0 aliphatic carbocycles. The smallest absolute Gasteiger partial charge is 0.226 e. The molecule has 17 heavy (non-hydrogen) atoms. The fourth-order valence-corrected chi connectivity index (χ4v) is 2.17. The number of carbonyl (C=O) groups excluding carboxylic acids is 1. The predicted octanol–water partition coefficient (Wildman–Crippen LogP) is 2.56. The highest BCUT2D eigenvalue weighted by Gasteiger charge is 2.10. The van der Waals surface area contributed by atoms with Gasteiger partial charge in [0, 0.05) is 5.38 Å². The van der Waals surface area contributed by atoms with Gasteiger partial charge in [0.05, 0.1) is 23.7 Å². The van der Waals surface area contributed by atoms with E-state index in [0.717, 1.165) is 11.3 Å². The van der Waals surface area contributed by atoms with Crippen molar-refractivity contribution in [1.29, 1.82) is 0 Å². The van der Waals surface area contributed by atoms with Crippen LogP contribution < -0.4 is 5.32 Å². The van der Waals surface area contributed by atoms with E-state index in [-0.39, 0.29) is 11.9 Å². The molecular formula is C13H14N2OS. The van der Waals surface area contributed by atoms with Gasteiger partial charge in [-0.05, 0) is 12.5 Å². The van der Waals surface area contributed by atoms with Gasteiger partial charge < -0.3 is 5.32 Å². The first-order valence-electron chi connectivity index (χ1n) is 5.47. The van der Waals surface area contributed by atoms with Crippen molar-refractivity contribution in [3.8, 4) is 0 Å². The van der Waals surface area contributed by atoms with Crippen LogP contribution in [0.15, 0.2) is 41.2 Å². The standard InChI is InChI=1S/C13H14N2OS/c1-10(11-5-3-2-4-6-11)15-13(16)7-12-8-17-9-14-12/h2-6,8-10H,7H2,1H3,(H,15,16). The maximum absolute atomic E-state index is 11.7. The molecule has 0 saturated heterocycles. The molecule has 88 valence electrons. The van der Waals surface area contributed by atoms with Crippen LogP contribution in [0, 0.1) is 0 Å². The van der Waals surface area contributed by atoms with Crippen LogP contribution in [0.25, 0.3) is 0 Å². The maximum Gasteiger partial charge on any atom is 0.226 e. The fraction of sp³-hybridized carbons (Fsp3) is 0.231. The summed E-state index contributed by atoms with van der Waals surface area (Å²) in [5, 5.41) is 4.86. The van der Waals surface area contributed by atoms with Crippen molar-refractivity contribution >= 4 is 17.2 Å². The Kier molecular flexibility index (Phi) is 3.88. The first-order valence-corrected chi connectivity index (χ1v) is 6.41. The number of amides is 1. The number of nitrogens with zero attached hydrogens (tertiary/aromatic N) is 1. The molecule has 1 aromatic heterocycles. The molecule has 0 spiro atoms. The van der Waals surface area contributed by atoms with E-state index in [1.54, 1.807) is 5.51 Å². The van der Waals surface area contributed by atoms with Gasteiger partial charge in [-0.2, -0.15) is 0 Å². The Labute approximate surface area is 105 Å². The minimum absolute atomic E-state index is 0.00672. The van der Waals surface area contributed by atoms with Gasteiger partial charge >= 0.3 is 0 Å². The highest BCUT2D eigenvalue weighted by Crippen LogP contribution is 2.11. The number of carbonyl (C=O) groups is 1. The third kappa shape index (κ3) is 3.39. The Balaban J connectivity index is 1.91. The molecule has 2 rings (SSSR count). The molecule has 0 aliphatic heterocycles. The zero-order valence-corrected chi connectivity index (χ0v) is 10.4. The molecule has 1 aromatic carbocycles. The molecule has 1 N–H and O–H groups in total. The summed E-state index contributed by atoms with van der Waals surface area (Å²) in [5.41, 5.74) is 3.68. The number of nitrogens with one attached hydrogen (secondary N) is 1. The van der Waals surface area contributed by atoms with Crippen molar-refractivity contribution in [3.05, 3.63) is 52.5 Å². The quantitative estimate of drug-likeness (QED) is 0.901. The average molecular weight is 246 g/mol. The second-order valence-electron chi connectivity index (χ2n) is 3.86.